The molecule has 0 atom stereocenters. The highest BCUT2D eigenvalue weighted by Crippen LogP contribution is 2.20. The van der Waals surface area contributed by atoms with Crippen LogP contribution in [-0.2, 0) is 11.3 Å². The molecule has 112 valence electrons. The Morgan fingerprint density at radius 2 is 2.14 bits per heavy atom. The Bertz CT molecular complexity index is 744. The second kappa shape index (κ2) is 5.78. The first-order valence-electron chi connectivity index (χ1n) is 6.38. The fourth-order valence-electron chi connectivity index (χ4n) is 1.99. The minimum Gasteiger partial charge on any atom is -0.408 e. The third kappa shape index (κ3) is 3.10. The molecule has 0 aliphatic rings. The summed E-state index contributed by atoms with van der Waals surface area (Å²) in [5, 5.41) is 10.8. The molecule has 2 rings (SSSR count). The van der Waals surface area contributed by atoms with Crippen LogP contribution < -0.4 is 5.76 Å². The molecule has 8 nitrogen and oxygen atoms in total. The van der Waals surface area contributed by atoms with Gasteiger partial charge >= 0.3 is 5.76 Å². The van der Waals surface area contributed by atoms with E-state index in [1.165, 1.54) is 27.7 Å². The standard InChI is InChI=1S/C13H15N3O5/c1-14(2)12(17)4-3-7-15-10-8-9(16(19)20)5-6-11(10)21-13(15)18/h5-6,8H,3-4,7H2,1-2H3. The molecule has 0 spiro atoms. The van der Waals surface area contributed by atoms with Crippen molar-refractivity contribution in [2.24, 2.45) is 0 Å². The quantitative estimate of drug-likeness (QED) is 0.612. The molecule has 0 saturated carbocycles. The van der Waals surface area contributed by atoms with Gasteiger partial charge in [0.15, 0.2) is 5.58 Å². The van der Waals surface area contributed by atoms with E-state index < -0.39 is 10.7 Å². The fourth-order valence-corrected chi connectivity index (χ4v) is 1.99. The third-order valence-electron chi connectivity index (χ3n) is 3.13. The summed E-state index contributed by atoms with van der Waals surface area (Å²) in [6.45, 7) is 0.270. The van der Waals surface area contributed by atoms with Crippen molar-refractivity contribution < 1.29 is 14.1 Å². The Labute approximate surface area is 119 Å². The van der Waals surface area contributed by atoms with Gasteiger partial charge in [-0.15, -0.1) is 0 Å². The lowest BCUT2D eigenvalue weighted by Gasteiger charge is -2.09. The van der Waals surface area contributed by atoms with Gasteiger partial charge in [0, 0.05) is 39.2 Å². The largest absolute Gasteiger partial charge is 0.419 e. The van der Waals surface area contributed by atoms with Gasteiger partial charge < -0.3 is 9.32 Å². The smallest absolute Gasteiger partial charge is 0.408 e. The molecule has 0 saturated heterocycles. The zero-order chi connectivity index (χ0) is 15.6. The lowest BCUT2D eigenvalue weighted by Crippen LogP contribution is -2.22. The molecule has 2 aromatic rings. The Kier molecular flexibility index (Phi) is 4.06. The molecule has 1 amide bonds. The number of non-ortho nitro benzene ring substituents is 1. The van der Waals surface area contributed by atoms with Crippen LogP contribution in [0.3, 0.4) is 0 Å². The van der Waals surface area contributed by atoms with Gasteiger partial charge in [0.1, 0.15) is 0 Å². The maximum absolute atomic E-state index is 11.8. The number of fused-ring (bicyclic) bond motifs is 1. The van der Waals surface area contributed by atoms with Crippen molar-refractivity contribution >= 4 is 22.7 Å². The Morgan fingerprint density at radius 3 is 2.76 bits per heavy atom. The third-order valence-corrected chi connectivity index (χ3v) is 3.13. The summed E-state index contributed by atoms with van der Waals surface area (Å²) in [5.74, 6) is -0.621. The van der Waals surface area contributed by atoms with Crippen molar-refractivity contribution in [1.29, 1.82) is 0 Å². The molecule has 0 aliphatic heterocycles. The van der Waals surface area contributed by atoms with Gasteiger partial charge in [0.25, 0.3) is 5.69 Å². The van der Waals surface area contributed by atoms with E-state index in [0.717, 1.165) is 0 Å². The number of benzene rings is 1. The molecule has 21 heavy (non-hydrogen) atoms. The van der Waals surface area contributed by atoms with Crippen molar-refractivity contribution in [2.75, 3.05) is 14.1 Å². The number of nitro benzene ring substituents is 1. The van der Waals surface area contributed by atoms with E-state index in [1.54, 1.807) is 14.1 Å². The zero-order valence-corrected chi connectivity index (χ0v) is 11.7. The zero-order valence-electron chi connectivity index (χ0n) is 11.7. The van der Waals surface area contributed by atoms with E-state index in [-0.39, 0.29) is 18.1 Å². The van der Waals surface area contributed by atoms with Crippen LogP contribution in [0.15, 0.2) is 27.4 Å². The van der Waals surface area contributed by atoms with Gasteiger partial charge in [-0.25, -0.2) is 4.79 Å². The average molecular weight is 293 g/mol. The summed E-state index contributed by atoms with van der Waals surface area (Å²) < 4.78 is 6.34. The van der Waals surface area contributed by atoms with Gasteiger partial charge in [0.2, 0.25) is 5.91 Å². The van der Waals surface area contributed by atoms with Gasteiger partial charge in [-0.3, -0.25) is 19.5 Å². The average Bonchev–Trinajstić information content (AvgIpc) is 2.73. The van der Waals surface area contributed by atoms with Gasteiger partial charge in [-0.2, -0.15) is 0 Å². The van der Waals surface area contributed by atoms with E-state index in [2.05, 4.69) is 0 Å². The lowest BCUT2D eigenvalue weighted by atomic mass is 10.2. The van der Waals surface area contributed by atoms with Crippen molar-refractivity contribution in [3.63, 3.8) is 0 Å². The van der Waals surface area contributed by atoms with Crippen LogP contribution in [0.25, 0.3) is 11.1 Å². The molecule has 0 N–H and O–H groups in total. The number of carbonyl (C=O) groups is 1. The normalized spacial score (nSPS) is 10.8. The fraction of sp³-hybridized carbons (Fsp3) is 0.385. The van der Waals surface area contributed by atoms with E-state index in [1.807, 2.05) is 0 Å². The van der Waals surface area contributed by atoms with Gasteiger partial charge in [-0.05, 0) is 12.5 Å². The minimum atomic E-state index is -0.581. The number of nitro groups is 1. The van der Waals surface area contributed by atoms with Crippen LogP contribution >= 0.6 is 0 Å². The summed E-state index contributed by atoms with van der Waals surface area (Å²) in [4.78, 5) is 35.0. The summed E-state index contributed by atoms with van der Waals surface area (Å²) in [6.07, 6.45) is 0.745. The maximum Gasteiger partial charge on any atom is 0.419 e. The van der Waals surface area contributed by atoms with Crippen LogP contribution in [0.2, 0.25) is 0 Å². The van der Waals surface area contributed by atoms with Crippen molar-refractivity contribution in [3.8, 4) is 0 Å². The summed E-state index contributed by atoms with van der Waals surface area (Å²) in [7, 11) is 3.32. The Balaban J connectivity index is 2.24. The lowest BCUT2D eigenvalue weighted by molar-refractivity contribution is -0.384. The first-order valence-corrected chi connectivity index (χ1v) is 6.38. The Morgan fingerprint density at radius 1 is 1.43 bits per heavy atom. The van der Waals surface area contributed by atoms with Crippen LogP contribution in [0.4, 0.5) is 5.69 Å². The molecular weight excluding hydrogens is 278 g/mol. The minimum absolute atomic E-state index is 0.0400. The van der Waals surface area contributed by atoms with Crippen LogP contribution in [0, 0.1) is 10.1 Å². The van der Waals surface area contributed by atoms with Crippen LogP contribution in [0.1, 0.15) is 12.8 Å². The SMILES string of the molecule is CN(C)C(=O)CCCn1c(=O)oc2ccc([N+](=O)[O-])cc21. The molecule has 0 radical (unpaired) electrons. The number of amides is 1. The van der Waals surface area contributed by atoms with E-state index in [0.29, 0.717) is 23.9 Å². The van der Waals surface area contributed by atoms with Gasteiger partial charge in [-0.1, -0.05) is 0 Å². The number of hydrogen-bond acceptors (Lipinski definition) is 5. The monoisotopic (exact) mass is 293 g/mol. The molecule has 8 heteroatoms. The number of hydrogen-bond donors (Lipinski definition) is 0. The summed E-state index contributed by atoms with van der Waals surface area (Å²) >= 11 is 0. The van der Waals surface area contributed by atoms with Crippen molar-refractivity contribution in [3.05, 3.63) is 38.9 Å². The Hall–Kier alpha value is -2.64. The van der Waals surface area contributed by atoms with Crippen LogP contribution in [0.5, 0.6) is 0 Å². The first-order chi connectivity index (χ1) is 9.90. The molecule has 0 aliphatic carbocycles. The number of aromatic nitrogens is 1. The second-order valence-electron chi connectivity index (χ2n) is 4.82. The molecule has 1 aromatic carbocycles. The highest BCUT2D eigenvalue weighted by atomic mass is 16.6. The van der Waals surface area contributed by atoms with Crippen molar-refractivity contribution in [1.82, 2.24) is 9.47 Å². The maximum atomic E-state index is 11.8. The molecule has 0 fully saturated rings. The number of nitrogens with zero attached hydrogens (tertiary/aromatic N) is 3. The predicted molar refractivity (Wildman–Crippen MR) is 75.1 cm³/mol. The number of oxazole rings is 1. The summed E-state index contributed by atoms with van der Waals surface area (Å²) in [5.41, 5.74) is 0.553. The predicted octanol–water partition coefficient (Wildman–Crippen LogP) is 1.37. The molecule has 0 unspecified atom stereocenters. The molecular formula is C13H15N3O5. The second-order valence-corrected chi connectivity index (χ2v) is 4.82. The van der Waals surface area contributed by atoms with E-state index in [9.17, 15) is 19.7 Å². The van der Waals surface area contributed by atoms with Gasteiger partial charge in [0.05, 0.1) is 10.4 Å². The topological polar surface area (TPSA) is 98.6 Å². The number of rotatable bonds is 5. The molecule has 1 heterocycles. The van der Waals surface area contributed by atoms with E-state index in [4.69, 9.17) is 4.42 Å². The highest BCUT2D eigenvalue weighted by Gasteiger charge is 2.14. The summed E-state index contributed by atoms with van der Waals surface area (Å²) in [6, 6.07) is 3.98. The molecule has 0 bridgehead atoms. The number of aryl methyl sites for hydroxylation is 1. The van der Waals surface area contributed by atoms with Crippen molar-refractivity contribution in [2.45, 2.75) is 19.4 Å². The van der Waals surface area contributed by atoms with Crippen LogP contribution in [-0.4, -0.2) is 34.4 Å². The highest BCUT2D eigenvalue weighted by molar-refractivity contribution is 5.76. The first kappa shape index (κ1) is 14.8. The number of carbonyl (C=O) groups excluding carboxylic acids is 1. The molecule has 1 aromatic heterocycles. The van der Waals surface area contributed by atoms with E-state index >= 15 is 0 Å².